The summed E-state index contributed by atoms with van der Waals surface area (Å²) in [5.41, 5.74) is 2.36. The number of nitrogens with one attached hydrogen (secondary N) is 2. The Morgan fingerprint density at radius 2 is 1.94 bits per heavy atom. The molecule has 1 amide bonds. The maximum absolute atomic E-state index is 12.6. The second-order valence-electron chi connectivity index (χ2n) is 7.02. The zero-order valence-corrected chi connectivity index (χ0v) is 17.8. The lowest BCUT2D eigenvalue weighted by Crippen LogP contribution is -2.41. The molecule has 0 bridgehead atoms. The summed E-state index contributed by atoms with van der Waals surface area (Å²) in [6, 6.07) is 7.88. The summed E-state index contributed by atoms with van der Waals surface area (Å²) in [7, 11) is -3.95. The Balaban J connectivity index is 1.44. The normalized spacial score (nSPS) is 12.7. The molecule has 0 spiro atoms. The lowest BCUT2D eigenvalue weighted by Gasteiger charge is -2.14. The summed E-state index contributed by atoms with van der Waals surface area (Å²) in [4.78, 5) is 21.1. The van der Waals surface area contributed by atoms with Crippen LogP contribution in [0.25, 0.3) is 17.0 Å². The first-order valence-electron chi connectivity index (χ1n) is 9.41. The SMILES string of the molecule is Cc1noc(C)c1S(=O)(=O)N[C@@H](C)C(=O)Nc1ccc(-c2cn3cccnc3n2)cc1. The second kappa shape index (κ2) is 7.93. The summed E-state index contributed by atoms with van der Waals surface area (Å²) in [6.07, 6.45) is 5.39. The number of carbonyl (C=O) groups excluding carboxylic acids is 1. The van der Waals surface area contributed by atoms with E-state index in [4.69, 9.17) is 4.52 Å². The van der Waals surface area contributed by atoms with Crippen LogP contribution in [-0.4, -0.2) is 39.9 Å². The number of imidazole rings is 1. The number of aromatic nitrogens is 4. The monoisotopic (exact) mass is 440 g/mol. The Labute approximate surface area is 178 Å². The number of anilines is 1. The van der Waals surface area contributed by atoms with E-state index in [1.165, 1.54) is 20.8 Å². The topological polar surface area (TPSA) is 131 Å². The van der Waals surface area contributed by atoms with E-state index in [0.29, 0.717) is 11.5 Å². The molecule has 3 heterocycles. The van der Waals surface area contributed by atoms with Crippen molar-refractivity contribution >= 4 is 27.4 Å². The van der Waals surface area contributed by atoms with Crippen LogP contribution in [0.3, 0.4) is 0 Å². The van der Waals surface area contributed by atoms with E-state index in [1.54, 1.807) is 18.3 Å². The molecule has 31 heavy (non-hydrogen) atoms. The van der Waals surface area contributed by atoms with Crippen molar-refractivity contribution in [1.29, 1.82) is 0 Å². The first-order valence-corrected chi connectivity index (χ1v) is 10.9. The number of hydrogen-bond donors (Lipinski definition) is 2. The van der Waals surface area contributed by atoms with Gasteiger partial charge in [-0.15, -0.1) is 0 Å². The van der Waals surface area contributed by atoms with Gasteiger partial charge < -0.3 is 9.84 Å². The van der Waals surface area contributed by atoms with Crippen LogP contribution in [0.5, 0.6) is 0 Å². The van der Waals surface area contributed by atoms with Gasteiger partial charge in [0.1, 0.15) is 10.6 Å². The Hall–Kier alpha value is -3.57. The van der Waals surface area contributed by atoms with Gasteiger partial charge in [0.05, 0.1) is 11.7 Å². The third kappa shape index (κ3) is 4.18. The van der Waals surface area contributed by atoms with Gasteiger partial charge in [-0.1, -0.05) is 17.3 Å². The zero-order valence-electron chi connectivity index (χ0n) is 17.0. The van der Waals surface area contributed by atoms with Crippen molar-refractivity contribution in [1.82, 2.24) is 24.2 Å². The van der Waals surface area contributed by atoms with E-state index in [1.807, 2.05) is 35.0 Å². The number of aryl methyl sites for hydroxylation is 2. The highest BCUT2D eigenvalue weighted by atomic mass is 32.2. The van der Waals surface area contributed by atoms with Gasteiger partial charge in [-0.25, -0.2) is 18.4 Å². The van der Waals surface area contributed by atoms with Crippen LogP contribution in [0.1, 0.15) is 18.4 Å². The van der Waals surface area contributed by atoms with E-state index in [-0.39, 0.29) is 16.3 Å². The maximum Gasteiger partial charge on any atom is 0.246 e. The number of amides is 1. The fourth-order valence-electron chi connectivity index (χ4n) is 3.15. The number of rotatable bonds is 6. The van der Waals surface area contributed by atoms with Gasteiger partial charge in [0.25, 0.3) is 0 Å². The molecular weight excluding hydrogens is 420 g/mol. The number of nitrogens with zero attached hydrogens (tertiary/aromatic N) is 4. The molecule has 0 saturated heterocycles. The fourth-order valence-corrected chi connectivity index (χ4v) is 4.68. The molecule has 160 valence electrons. The predicted molar refractivity (Wildman–Crippen MR) is 113 cm³/mol. The maximum atomic E-state index is 12.6. The molecule has 0 radical (unpaired) electrons. The van der Waals surface area contributed by atoms with Gasteiger partial charge in [0.15, 0.2) is 5.76 Å². The minimum absolute atomic E-state index is 0.0570. The molecule has 0 aliphatic rings. The Morgan fingerprint density at radius 1 is 1.19 bits per heavy atom. The second-order valence-corrected chi connectivity index (χ2v) is 8.67. The van der Waals surface area contributed by atoms with E-state index in [9.17, 15) is 13.2 Å². The molecule has 0 fully saturated rings. The fraction of sp³-hybridized carbons (Fsp3) is 0.200. The molecule has 2 N–H and O–H groups in total. The Bertz CT molecular complexity index is 1310. The highest BCUT2D eigenvalue weighted by Crippen LogP contribution is 2.22. The van der Waals surface area contributed by atoms with Crippen molar-refractivity contribution in [3.8, 4) is 11.3 Å². The van der Waals surface area contributed by atoms with Crippen LogP contribution in [0.2, 0.25) is 0 Å². The first kappa shape index (κ1) is 20.7. The molecule has 1 atom stereocenters. The molecule has 1 aromatic carbocycles. The number of carbonyl (C=O) groups is 1. The van der Waals surface area contributed by atoms with Crippen LogP contribution in [0, 0.1) is 13.8 Å². The lowest BCUT2D eigenvalue weighted by molar-refractivity contribution is -0.117. The zero-order chi connectivity index (χ0) is 22.2. The number of hydrogen-bond acceptors (Lipinski definition) is 7. The third-order valence-electron chi connectivity index (χ3n) is 4.65. The van der Waals surface area contributed by atoms with Gasteiger partial charge in [-0.3, -0.25) is 9.20 Å². The summed E-state index contributed by atoms with van der Waals surface area (Å²) < 4.78 is 34.2. The van der Waals surface area contributed by atoms with Crippen LogP contribution in [-0.2, 0) is 14.8 Å². The third-order valence-corrected chi connectivity index (χ3v) is 6.43. The van der Waals surface area contributed by atoms with E-state index in [0.717, 1.165) is 11.3 Å². The summed E-state index contributed by atoms with van der Waals surface area (Å²) >= 11 is 0. The first-order chi connectivity index (χ1) is 14.7. The summed E-state index contributed by atoms with van der Waals surface area (Å²) in [6.45, 7) is 4.49. The predicted octanol–water partition coefficient (Wildman–Crippen LogP) is 2.31. The minimum atomic E-state index is -3.95. The van der Waals surface area contributed by atoms with E-state index < -0.39 is 22.0 Å². The van der Waals surface area contributed by atoms with Crippen LogP contribution < -0.4 is 10.0 Å². The van der Waals surface area contributed by atoms with E-state index in [2.05, 4.69) is 25.2 Å². The van der Waals surface area contributed by atoms with Crippen molar-refractivity contribution in [2.45, 2.75) is 31.7 Å². The molecule has 0 unspecified atom stereocenters. The number of fused-ring (bicyclic) bond motifs is 1. The highest BCUT2D eigenvalue weighted by Gasteiger charge is 2.28. The van der Waals surface area contributed by atoms with Crippen LogP contribution in [0.4, 0.5) is 5.69 Å². The molecule has 10 nitrogen and oxygen atoms in total. The van der Waals surface area contributed by atoms with Gasteiger partial charge in [-0.2, -0.15) is 4.72 Å². The van der Waals surface area contributed by atoms with Crippen molar-refractivity contribution in [2.24, 2.45) is 0 Å². The lowest BCUT2D eigenvalue weighted by atomic mass is 10.1. The largest absolute Gasteiger partial charge is 0.360 e. The molecule has 0 saturated carbocycles. The Morgan fingerprint density at radius 3 is 2.58 bits per heavy atom. The quantitative estimate of drug-likeness (QED) is 0.470. The molecule has 4 rings (SSSR count). The molecule has 0 aliphatic carbocycles. The molecular formula is C20H20N6O4S. The average molecular weight is 440 g/mol. The minimum Gasteiger partial charge on any atom is -0.360 e. The van der Waals surface area contributed by atoms with Gasteiger partial charge in [0.2, 0.25) is 21.7 Å². The summed E-state index contributed by atoms with van der Waals surface area (Å²) in [5, 5.41) is 6.35. The molecule has 4 aromatic rings. The standard InChI is InChI=1S/C20H20N6O4S/c1-12-18(14(3)30-24-12)31(28,29)25-13(2)19(27)22-16-7-5-15(6-8-16)17-11-26-10-4-9-21-20(26)23-17/h4-11,13,25H,1-3H3,(H,22,27)/t13-/m0/s1. The van der Waals surface area contributed by atoms with Crippen molar-refractivity contribution in [3.63, 3.8) is 0 Å². The molecule has 3 aromatic heterocycles. The van der Waals surface area contributed by atoms with E-state index >= 15 is 0 Å². The Kier molecular flexibility index (Phi) is 5.29. The average Bonchev–Trinajstić information content (AvgIpc) is 3.31. The number of benzene rings is 1. The van der Waals surface area contributed by atoms with Crippen molar-refractivity contribution in [3.05, 3.63) is 60.4 Å². The highest BCUT2D eigenvalue weighted by molar-refractivity contribution is 7.89. The number of sulfonamides is 1. The van der Waals surface area contributed by atoms with Gasteiger partial charge >= 0.3 is 0 Å². The van der Waals surface area contributed by atoms with Crippen molar-refractivity contribution in [2.75, 3.05) is 5.32 Å². The summed E-state index contributed by atoms with van der Waals surface area (Å²) in [5.74, 6) is 0.254. The smallest absolute Gasteiger partial charge is 0.246 e. The van der Waals surface area contributed by atoms with Crippen LogP contribution in [0.15, 0.2) is 58.3 Å². The molecule has 11 heteroatoms. The van der Waals surface area contributed by atoms with Crippen molar-refractivity contribution < 1.29 is 17.7 Å². The van der Waals surface area contributed by atoms with Gasteiger partial charge in [-0.05, 0) is 39.0 Å². The molecule has 0 aliphatic heterocycles. The van der Waals surface area contributed by atoms with Gasteiger partial charge in [0, 0.05) is 29.8 Å². The van der Waals surface area contributed by atoms with Crippen LogP contribution >= 0.6 is 0 Å².